The Bertz CT molecular complexity index is 3230. The fourth-order valence-electron chi connectivity index (χ4n) is 19.9. The summed E-state index contributed by atoms with van der Waals surface area (Å²) in [6, 6.07) is 7.34. The maximum atomic E-state index is 15.5. The molecular formula is C75H110O30. The van der Waals surface area contributed by atoms with Gasteiger partial charge in [-0.2, -0.15) is 0 Å². The first-order chi connectivity index (χ1) is 49.5. The highest BCUT2D eigenvalue weighted by Crippen LogP contribution is 2.75. The van der Waals surface area contributed by atoms with Crippen molar-refractivity contribution in [1.82, 2.24) is 0 Å². The Morgan fingerprint density at radius 3 is 1.90 bits per heavy atom. The van der Waals surface area contributed by atoms with Gasteiger partial charge in [-0.25, -0.2) is 4.79 Å². The fraction of sp³-hybridized carbons (Fsp3) is 0.800. The standard InChI is InChI=1S/C75H110O30/c1-34-14-16-38(17-15-34)18-21-49(82)101-60-36(3)96-69(64(62(60)97-37(4)79)104-67-58(90)55(87)51(83)35(2)95-67)105-65(92)40-28-71(5,6)27-39-41-19-20-47-72(7)24-23-48(73(8,32-77)46(72)22-25-74(47,9)75(41,10)29-42(80)50(39)40)100-70-63(103-68-59(91)56(88)53(85)45(30-76)99-68)61(102-66-57(89)52(84)43(81)31-94-66)54(86)44(98-70)13-11-12-26-93-33-78/h14-21,32-33,35-36,39-48,50-64,66-70,76,80-81,83-91H,11-13,22-31H2,1-10H3/b21-18-/t35?,36?,39-,40+,41?,42+,43?,44?,45?,46+,47+,48-,50?,51?,52?,53?,54?,55?,56?,57?,58?,59?,60?,61?,62?,63?,64?,66?,67?,68?,69?,70?,72-,73-,74+,75+/m0/s1. The van der Waals surface area contributed by atoms with Gasteiger partial charge in [0.25, 0.3) is 6.47 Å². The van der Waals surface area contributed by atoms with Crippen molar-refractivity contribution in [3.63, 3.8) is 0 Å². The fourth-order valence-corrected chi connectivity index (χ4v) is 19.9. The van der Waals surface area contributed by atoms with E-state index in [1.165, 1.54) is 26.0 Å². The molecule has 10 aliphatic rings. The number of rotatable bonds is 22. The number of esters is 3. The molecule has 590 valence electrons. The van der Waals surface area contributed by atoms with Crippen LogP contribution >= 0.6 is 0 Å². The number of aliphatic hydroxyl groups is 12. The Morgan fingerprint density at radius 2 is 1.23 bits per heavy atom. The van der Waals surface area contributed by atoms with Gasteiger partial charge in [0.15, 0.2) is 43.5 Å². The number of carbonyl (C=O) groups is 5. The van der Waals surface area contributed by atoms with Crippen LogP contribution in [0.25, 0.3) is 6.08 Å². The minimum absolute atomic E-state index is 0.0342. The number of hydrogen-bond acceptors (Lipinski definition) is 30. The van der Waals surface area contributed by atoms with Crippen molar-refractivity contribution in [3.05, 3.63) is 53.6 Å². The SMILES string of the molecule is CC(=O)OC1C(OC(=O)/C=C\c2ccc(C)cc2)C(C)OC(OC(=O)[C@@H]2CC(C)(C)C[C@@H]3C2[C@H](O)C[C@]2(C)C3C=C[C@@H]3[C@@]4(C)CC[C@H](OC5OC(CCCCOC=O)C(O)C(OC6OCC(O)C(O)C6O)C5OC5OC(CO)C(O)C(O)C5O)[C@@](C)(C=O)[C@@H]4CC[C@]32C)C1OC1OC(C)C(O)C(O)C1O. The topological polar surface area (TPSA) is 448 Å². The number of ether oxygens (including phenoxy) is 13. The van der Waals surface area contributed by atoms with Crippen LogP contribution in [0, 0.1) is 69.5 Å². The highest BCUT2D eigenvalue weighted by molar-refractivity contribution is 5.87. The van der Waals surface area contributed by atoms with Crippen LogP contribution < -0.4 is 0 Å². The molecular weight excluding hydrogens is 1380 g/mol. The summed E-state index contributed by atoms with van der Waals surface area (Å²) < 4.78 is 79.8. The van der Waals surface area contributed by atoms with Crippen molar-refractivity contribution < 1.29 is 147 Å². The normalized spacial score (nSPS) is 48.1. The molecule has 0 spiro atoms. The Morgan fingerprint density at radius 1 is 0.590 bits per heavy atom. The Kier molecular flexibility index (Phi) is 25.1. The second-order valence-corrected chi connectivity index (χ2v) is 33.0. The molecule has 0 amide bonds. The molecule has 5 aliphatic carbocycles. The van der Waals surface area contributed by atoms with E-state index in [1.807, 2.05) is 26.0 Å². The molecule has 36 atom stereocenters. The van der Waals surface area contributed by atoms with E-state index >= 15 is 4.79 Å². The molecule has 1 aromatic carbocycles. The highest BCUT2D eigenvalue weighted by atomic mass is 16.8. The van der Waals surface area contributed by atoms with E-state index in [-0.39, 0.29) is 50.0 Å². The predicted octanol–water partition coefficient (Wildman–Crippen LogP) is 0.839. The third-order valence-electron chi connectivity index (χ3n) is 25.7. The largest absolute Gasteiger partial charge is 0.468 e. The van der Waals surface area contributed by atoms with Crippen LogP contribution in [0.1, 0.15) is 138 Å². The Labute approximate surface area is 610 Å². The minimum Gasteiger partial charge on any atom is -0.468 e. The van der Waals surface area contributed by atoms with E-state index in [4.69, 9.17) is 61.6 Å². The zero-order valence-corrected chi connectivity index (χ0v) is 61.2. The van der Waals surface area contributed by atoms with Gasteiger partial charge < -0.3 is 128 Å². The number of aryl methyl sites for hydroxylation is 1. The third kappa shape index (κ3) is 15.8. The second kappa shape index (κ2) is 32.4. The lowest BCUT2D eigenvalue weighted by Crippen LogP contribution is -2.69. The molecule has 5 aliphatic heterocycles. The quantitative estimate of drug-likeness (QED) is 0.0146. The van der Waals surface area contributed by atoms with E-state index in [1.54, 1.807) is 12.1 Å². The van der Waals surface area contributed by atoms with Crippen LogP contribution in [0.2, 0.25) is 0 Å². The summed E-state index contributed by atoms with van der Waals surface area (Å²) in [5, 5.41) is 134. The lowest BCUT2D eigenvalue weighted by molar-refractivity contribution is -0.394. The number of hydrogen-bond donors (Lipinski definition) is 12. The summed E-state index contributed by atoms with van der Waals surface area (Å²) in [6.07, 6.45) is -29.9. The summed E-state index contributed by atoms with van der Waals surface area (Å²) in [5.41, 5.74) is -1.99. The monoisotopic (exact) mass is 1490 g/mol. The molecule has 0 radical (unpaired) electrons. The summed E-state index contributed by atoms with van der Waals surface area (Å²) in [6.45, 7) is 17.6. The molecule has 11 rings (SSSR count). The summed E-state index contributed by atoms with van der Waals surface area (Å²) in [5.74, 6) is -5.27. The number of carbonyl (C=O) groups excluding carboxylic acids is 5. The number of allylic oxidation sites excluding steroid dienone is 2. The molecule has 0 aromatic heterocycles. The molecule has 30 heteroatoms. The van der Waals surface area contributed by atoms with E-state index in [2.05, 4.69) is 46.8 Å². The summed E-state index contributed by atoms with van der Waals surface area (Å²) >= 11 is 0. The van der Waals surface area contributed by atoms with Crippen molar-refractivity contribution >= 4 is 36.7 Å². The first-order valence-corrected chi connectivity index (χ1v) is 37.0. The number of benzene rings is 1. The van der Waals surface area contributed by atoms with Gasteiger partial charge in [-0.3, -0.25) is 14.4 Å². The van der Waals surface area contributed by atoms with Crippen molar-refractivity contribution in [2.75, 3.05) is 19.8 Å². The Hall–Kier alpha value is -4.59. The first kappa shape index (κ1) is 81.4. The van der Waals surface area contributed by atoms with Gasteiger partial charge in [0.2, 0.25) is 6.29 Å². The van der Waals surface area contributed by atoms with E-state index in [9.17, 15) is 80.5 Å². The van der Waals surface area contributed by atoms with Gasteiger partial charge in [-0.15, -0.1) is 0 Å². The lowest BCUT2D eigenvalue weighted by Gasteiger charge is -2.71. The van der Waals surface area contributed by atoms with Crippen molar-refractivity contribution in [2.24, 2.45) is 62.6 Å². The maximum absolute atomic E-state index is 15.5. The molecule has 4 saturated carbocycles. The van der Waals surface area contributed by atoms with Gasteiger partial charge in [0.1, 0.15) is 85.6 Å². The predicted molar refractivity (Wildman–Crippen MR) is 361 cm³/mol. The number of aldehydes is 1. The van der Waals surface area contributed by atoms with Crippen LogP contribution in [0.15, 0.2) is 42.5 Å². The first-order valence-electron chi connectivity index (χ1n) is 37.0. The van der Waals surface area contributed by atoms with Crippen LogP contribution in [-0.2, 0) is 85.6 Å². The zero-order chi connectivity index (χ0) is 76.3. The molecule has 12 N–H and O–H groups in total. The number of unbranched alkanes of at least 4 members (excludes halogenated alkanes) is 1. The van der Waals surface area contributed by atoms with Crippen LogP contribution in [0.4, 0.5) is 0 Å². The molecule has 0 bridgehead atoms. The molecule has 1 aromatic rings. The van der Waals surface area contributed by atoms with Gasteiger partial charge in [0, 0.05) is 18.9 Å². The second-order valence-electron chi connectivity index (χ2n) is 33.0. The van der Waals surface area contributed by atoms with Crippen LogP contribution in [-0.4, -0.2) is 271 Å². The zero-order valence-electron chi connectivity index (χ0n) is 61.2. The number of fused-ring (bicyclic) bond motifs is 7. The van der Waals surface area contributed by atoms with Gasteiger partial charge in [-0.05, 0) is 142 Å². The molecule has 26 unspecified atom stereocenters. The van der Waals surface area contributed by atoms with Gasteiger partial charge in [0.05, 0.1) is 61.7 Å². The molecule has 105 heavy (non-hydrogen) atoms. The average molecular weight is 1490 g/mol. The van der Waals surface area contributed by atoms with Gasteiger partial charge in [-0.1, -0.05) is 83.5 Å². The highest BCUT2D eigenvalue weighted by Gasteiger charge is 2.71. The lowest BCUT2D eigenvalue weighted by atomic mass is 9.33. The Balaban J connectivity index is 0.867. The third-order valence-corrected chi connectivity index (χ3v) is 25.7. The van der Waals surface area contributed by atoms with Crippen molar-refractivity contribution in [2.45, 2.75) is 293 Å². The van der Waals surface area contributed by atoms with Crippen molar-refractivity contribution in [3.8, 4) is 0 Å². The minimum atomic E-state index is -1.99. The molecule has 9 fully saturated rings. The summed E-state index contributed by atoms with van der Waals surface area (Å²) in [4.78, 5) is 67.7. The average Bonchev–Trinajstić information content (AvgIpc) is 0.676. The summed E-state index contributed by atoms with van der Waals surface area (Å²) in [7, 11) is 0. The van der Waals surface area contributed by atoms with E-state index in [0.29, 0.717) is 50.6 Å². The smallest absolute Gasteiger partial charge is 0.331 e. The van der Waals surface area contributed by atoms with E-state index in [0.717, 1.165) is 18.8 Å². The van der Waals surface area contributed by atoms with Crippen molar-refractivity contribution in [1.29, 1.82) is 0 Å². The number of aliphatic hydroxyl groups excluding tert-OH is 12. The van der Waals surface area contributed by atoms with Crippen LogP contribution in [0.3, 0.4) is 0 Å². The van der Waals surface area contributed by atoms with E-state index < -0.39 is 236 Å². The molecule has 30 nitrogen and oxygen atoms in total. The van der Waals surface area contributed by atoms with Crippen LogP contribution in [0.5, 0.6) is 0 Å². The van der Waals surface area contributed by atoms with Gasteiger partial charge >= 0.3 is 17.9 Å². The maximum Gasteiger partial charge on any atom is 0.331 e. The molecule has 5 heterocycles. The molecule has 5 saturated heterocycles.